The lowest BCUT2D eigenvalue weighted by Crippen LogP contribution is -2.36. The van der Waals surface area contributed by atoms with Crippen LogP contribution in [-0.2, 0) is 0 Å². The van der Waals surface area contributed by atoms with Crippen molar-refractivity contribution in [1.29, 1.82) is 0 Å². The number of anilines is 2. The van der Waals surface area contributed by atoms with Gasteiger partial charge in [-0.3, -0.25) is 0 Å². The zero-order valence-electron chi connectivity index (χ0n) is 12.2. The van der Waals surface area contributed by atoms with Gasteiger partial charge in [-0.05, 0) is 57.1 Å². The average molecular weight is 375 g/mol. The number of nitrogens with zero attached hydrogens (tertiary/aromatic N) is 2. The van der Waals surface area contributed by atoms with E-state index in [0.29, 0.717) is 6.04 Å². The Morgan fingerprint density at radius 3 is 2.47 bits per heavy atom. The summed E-state index contributed by atoms with van der Waals surface area (Å²) in [7, 11) is 4.39. The predicted molar refractivity (Wildman–Crippen MR) is 94.4 cm³/mol. The Bertz CT molecular complexity index is 377. The first kappa shape index (κ1) is 16.6. The molecule has 0 saturated carbocycles. The summed E-state index contributed by atoms with van der Waals surface area (Å²) in [5.74, 6) is 0.780. The molecular formula is C15H26IN3. The van der Waals surface area contributed by atoms with Gasteiger partial charge in [-0.2, -0.15) is 0 Å². The maximum absolute atomic E-state index is 5.74. The molecule has 0 amide bonds. The predicted octanol–water partition coefficient (Wildman–Crippen LogP) is 3.05. The van der Waals surface area contributed by atoms with Gasteiger partial charge < -0.3 is 15.5 Å². The molecule has 0 radical (unpaired) electrons. The van der Waals surface area contributed by atoms with E-state index in [1.54, 1.807) is 0 Å². The van der Waals surface area contributed by atoms with E-state index in [9.17, 15) is 0 Å². The minimum Gasteiger partial charge on any atom is -0.399 e. The summed E-state index contributed by atoms with van der Waals surface area (Å²) in [6.07, 6.45) is 2.52. The van der Waals surface area contributed by atoms with Crippen LogP contribution in [0.25, 0.3) is 0 Å². The zero-order valence-corrected chi connectivity index (χ0v) is 14.5. The summed E-state index contributed by atoms with van der Waals surface area (Å²) < 4.78 is 0. The molecule has 1 heterocycles. The number of hydrogen-bond acceptors (Lipinski definition) is 3. The monoisotopic (exact) mass is 375 g/mol. The molecule has 1 aliphatic heterocycles. The van der Waals surface area contributed by atoms with Gasteiger partial charge in [0.15, 0.2) is 0 Å². The maximum Gasteiger partial charge on any atom is 0.0367 e. The Morgan fingerprint density at radius 1 is 1.32 bits per heavy atom. The van der Waals surface area contributed by atoms with Crippen LogP contribution in [0, 0.1) is 5.92 Å². The third-order valence-corrected chi connectivity index (χ3v) is 4.11. The van der Waals surface area contributed by atoms with Gasteiger partial charge in [0.05, 0.1) is 0 Å². The molecule has 2 rings (SSSR count). The van der Waals surface area contributed by atoms with E-state index >= 15 is 0 Å². The lowest BCUT2D eigenvalue weighted by Gasteiger charge is -2.29. The topological polar surface area (TPSA) is 32.5 Å². The van der Waals surface area contributed by atoms with E-state index in [1.165, 1.54) is 31.6 Å². The van der Waals surface area contributed by atoms with Crippen molar-refractivity contribution in [2.24, 2.45) is 5.92 Å². The fraction of sp³-hybridized carbons (Fsp3) is 0.600. The standard InChI is InChI=1S/C15H25N3.HI/c1-4-15(17(2)3)12-9-10-18(11-12)14-7-5-13(16)6-8-14;/h5-8,12,15H,4,9-11,16H2,1-3H3;1H. The molecule has 0 aromatic heterocycles. The van der Waals surface area contributed by atoms with Crippen molar-refractivity contribution in [3.63, 3.8) is 0 Å². The van der Waals surface area contributed by atoms with Gasteiger partial charge in [0.2, 0.25) is 0 Å². The van der Waals surface area contributed by atoms with E-state index in [4.69, 9.17) is 5.73 Å². The largest absolute Gasteiger partial charge is 0.399 e. The van der Waals surface area contributed by atoms with Gasteiger partial charge >= 0.3 is 0 Å². The molecule has 1 fully saturated rings. The van der Waals surface area contributed by atoms with Crippen molar-refractivity contribution in [1.82, 2.24) is 4.90 Å². The number of benzene rings is 1. The number of halogens is 1. The zero-order chi connectivity index (χ0) is 13.1. The smallest absolute Gasteiger partial charge is 0.0367 e. The molecule has 2 atom stereocenters. The number of nitrogens with two attached hydrogens (primary N) is 1. The van der Waals surface area contributed by atoms with Crippen LogP contribution in [0.3, 0.4) is 0 Å². The van der Waals surface area contributed by atoms with Crippen molar-refractivity contribution in [3.05, 3.63) is 24.3 Å². The van der Waals surface area contributed by atoms with E-state index in [-0.39, 0.29) is 24.0 Å². The summed E-state index contributed by atoms with van der Waals surface area (Å²) in [5.41, 5.74) is 7.88. The molecule has 1 aromatic rings. The quantitative estimate of drug-likeness (QED) is 0.649. The van der Waals surface area contributed by atoms with Crippen LogP contribution in [0.5, 0.6) is 0 Å². The Balaban J connectivity index is 0.00000180. The van der Waals surface area contributed by atoms with E-state index < -0.39 is 0 Å². The van der Waals surface area contributed by atoms with Crippen molar-refractivity contribution >= 4 is 35.4 Å². The lowest BCUT2D eigenvalue weighted by molar-refractivity contribution is 0.215. The van der Waals surface area contributed by atoms with Crippen LogP contribution in [0.4, 0.5) is 11.4 Å². The van der Waals surface area contributed by atoms with Gasteiger partial charge in [0, 0.05) is 30.5 Å². The van der Waals surface area contributed by atoms with Crippen LogP contribution in [0.1, 0.15) is 19.8 Å². The van der Waals surface area contributed by atoms with Gasteiger partial charge in [0.1, 0.15) is 0 Å². The molecule has 1 saturated heterocycles. The average Bonchev–Trinajstić information content (AvgIpc) is 2.80. The van der Waals surface area contributed by atoms with Crippen molar-refractivity contribution < 1.29 is 0 Å². The highest BCUT2D eigenvalue weighted by atomic mass is 127. The minimum absolute atomic E-state index is 0. The molecular weight excluding hydrogens is 349 g/mol. The van der Waals surface area contributed by atoms with Gasteiger partial charge in [0.25, 0.3) is 0 Å². The Kier molecular flexibility index (Phi) is 6.39. The van der Waals surface area contributed by atoms with E-state index in [1.807, 2.05) is 12.1 Å². The van der Waals surface area contributed by atoms with Crippen LogP contribution in [-0.4, -0.2) is 38.1 Å². The third kappa shape index (κ3) is 3.99. The SMILES string of the molecule is CCC(C1CCN(c2ccc(N)cc2)C1)N(C)C.I. The first-order valence-electron chi connectivity index (χ1n) is 6.88. The summed E-state index contributed by atoms with van der Waals surface area (Å²) in [4.78, 5) is 4.85. The highest BCUT2D eigenvalue weighted by molar-refractivity contribution is 14.0. The fourth-order valence-corrected chi connectivity index (χ4v) is 3.14. The molecule has 19 heavy (non-hydrogen) atoms. The van der Waals surface area contributed by atoms with Gasteiger partial charge in [-0.1, -0.05) is 6.92 Å². The number of nitrogen functional groups attached to an aromatic ring is 1. The van der Waals surface area contributed by atoms with Crippen LogP contribution in [0.15, 0.2) is 24.3 Å². The molecule has 1 aliphatic rings. The van der Waals surface area contributed by atoms with Crippen molar-refractivity contribution in [2.45, 2.75) is 25.8 Å². The number of hydrogen-bond donors (Lipinski definition) is 1. The molecule has 3 nitrogen and oxygen atoms in total. The summed E-state index contributed by atoms with van der Waals surface area (Å²) in [6.45, 7) is 4.62. The van der Waals surface area contributed by atoms with Gasteiger partial charge in [-0.25, -0.2) is 0 Å². The molecule has 0 bridgehead atoms. The molecule has 2 N–H and O–H groups in total. The Hall–Kier alpha value is -0.490. The van der Waals surface area contributed by atoms with E-state index in [0.717, 1.165) is 11.6 Å². The number of rotatable bonds is 4. The third-order valence-electron chi connectivity index (χ3n) is 4.11. The lowest BCUT2D eigenvalue weighted by atomic mass is 9.96. The van der Waals surface area contributed by atoms with Crippen LogP contribution in [0.2, 0.25) is 0 Å². The highest BCUT2D eigenvalue weighted by Crippen LogP contribution is 2.28. The first-order chi connectivity index (χ1) is 8.61. The molecule has 108 valence electrons. The van der Waals surface area contributed by atoms with Crippen LogP contribution >= 0.6 is 24.0 Å². The second-order valence-electron chi connectivity index (χ2n) is 5.53. The second kappa shape index (κ2) is 7.33. The maximum atomic E-state index is 5.74. The normalized spacial score (nSPS) is 20.4. The highest BCUT2D eigenvalue weighted by Gasteiger charge is 2.29. The van der Waals surface area contributed by atoms with Gasteiger partial charge in [-0.15, -0.1) is 24.0 Å². The van der Waals surface area contributed by atoms with Crippen LogP contribution < -0.4 is 10.6 Å². The molecule has 1 aromatic carbocycles. The second-order valence-corrected chi connectivity index (χ2v) is 5.53. The molecule has 2 unspecified atom stereocenters. The summed E-state index contributed by atoms with van der Waals surface area (Å²) >= 11 is 0. The molecule has 0 spiro atoms. The fourth-order valence-electron chi connectivity index (χ4n) is 3.14. The van der Waals surface area contributed by atoms with Crippen molar-refractivity contribution in [3.8, 4) is 0 Å². The Morgan fingerprint density at radius 2 is 1.95 bits per heavy atom. The minimum atomic E-state index is 0. The summed E-state index contributed by atoms with van der Waals surface area (Å²) in [5, 5.41) is 0. The summed E-state index contributed by atoms with van der Waals surface area (Å²) in [6, 6.07) is 8.95. The molecule has 4 heteroatoms. The molecule has 0 aliphatic carbocycles. The Labute approximate surface area is 134 Å². The van der Waals surface area contributed by atoms with E-state index in [2.05, 4.69) is 43.0 Å². The first-order valence-corrected chi connectivity index (χ1v) is 6.88. The van der Waals surface area contributed by atoms with Crippen molar-refractivity contribution in [2.75, 3.05) is 37.8 Å².